The summed E-state index contributed by atoms with van der Waals surface area (Å²) in [5.41, 5.74) is 2.59. The van der Waals surface area contributed by atoms with E-state index in [4.69, 9.17) is 0 Å². The number of hydrogen-bond acceptors (Lipinski definition) is 8. The second-order valence-electron chi connectivity index (χ2n) is 8.09. The average molecular weight is 456 g/mol. The van der Waals surface area contributed by atoms with Crippen LogP contribution in [0.5, 0.6) is 0 Å². The molecule has 2 fully saturated rings. The van der Waals surface area contributed by atoms with E-state index in [1.54, 1.807) is 11.3 Å². The van der Waals surface area contributed by atoms with Gasteiger partial charge in [-0.2, -0.15) is 0 Å². The summed E-state index contributed by atoms with van der Waals surface area (Å²) in [6, 6.07) is 7.37. The lowest BCUT2D eigenvalue weighted by Gasteiger charge is -2.45. The molecule has 10 heteroatoms. The number of carbonyl (C=O) groups is 1. The minimum atomic E-state index is -3.42. The van der Waals surface area contributed by atoms with Crippen LogP contribution in [0.25, 0.3) is 10.4 Å². The molecule has 0 spiro atoms. The Balaban J connectivity index is 1.44. The van der Waals surface area contributed by atoms with Gasteiger partial charge in [0, 0.05) is 30.9 Å². The Morgan fingerprint density at radius 3 is 2.84 bits per heavy atom. The molecule has 2 saturated heterocycles. The first-order chi connectivity index (χ1) is 14.7. The van der Waals surface area contributed by atoms with Crippen LogP contribution in [0.1, 0.15) is 29.8 Å². The van der Waals surface area contributed by atoms with E-state index in [1.807, 2.05) is 30.2 Å². The van der Waals surface area contributed by atoms with Crippen LogP contribution in [-0.2, 0) is 20.2 Å². The van der Waals surface area contributed by atoms with Gasteiger partial charge in [-0.25, -0.2) is 23.4 Å². The summed E-state index contributed by atoms with van der Waals surface area (Å²) >= 11 is 1.63. The number of anilines is 2. The molecule has 2 aromatic heterocycles. The number of β-lactam (4-membered cyclic amide) rings is 1. The molecule has 2 aliphatic heterocycles. The fourth-order valence-electron chi connectivity index (χ4n) is 4.34. The second-order valence-corrected chi connectivity index (χ2v) is 11.1. The van der Waals surface area contributed by atoms with Gasteiger partial charge in [0.2, 0.25) is 11.9 Å². The van der Waals surface area contributed by atoms with E-state index in [9.17, 15) is 13.2 Å². The predicted octanol–water partition coefficient (Wildman–Crippen LogP) is 3.28. The van der Waals surface area contributed by atoms with Crippen molar-refractivity contribution in [1.82, 2.24) is 19.9 Å². The van der Waals surface area contributed by atoms with Gasteiger partial charge in [-0.15, -0.1) is 11.3 Å². The summed E-state index contributed by atoms with van der Waals surface area (Å²) < 4.78 is 23.5. The van der Waals surface area contributed by atoms with Crippen molar-refractivity contribution in [2.75, 3.05) is 18.1 Å². The molecule has 31 heavy (non-hydrogen) atoms. The number of carbonyl (C=O) groups excluding carboxylic acids is 1. The molecule has 1 amide bonds. The van der Waals surface area contributed by atoms with Crippen molar-refractivity contribution in [2.45, 2.75) is 36.8 Å². The van der Waals surface area contributed by atoms with E-state index in [0.717, 1.165) is 52.3 Å². The fourth-order valence-corrected chi connectivity index (χ4v) is 6.03. The molecular formula is C21H21N5O3S2. The Kier molecular flexibility index (Phi) is 4.60. The van der Waals surface area contributed by atoms with Crippen LogP contribution in [0, 0.1) is 6.92 Å². The minimum absolute atomic E-state index is 0.0274. The first-order valence-corrected chi connectivity index (χ1v) is 12.6. The lowest BCUT2D eigenvalue weighted by atomic mass is 9.85. The molecule has 0 aliphatic carbocycles. The van der Waals surface area contributed by atoms with E-state index < -0.39 is 9.84 Å². The molecule has 0 bridgehead atoms. The van der Waals surface area contributed by atoms with E-state index in [2.05, 4.69) is 26.3 Å². The minimum Gasteiger partial charge on any atom is -0.330 e. The monoisotopic (exact) mass is 455 g/mol. The third-order valence-electron chi connectivity index (χ3n) is 5.77. The number of aryl methyl sites for hydroxylation is 1. The van der Waals surface area contributed by atoms with Gasteiger partial charge in [-0.1, -0.05) is 6.07 Å². The van der Waals surface area contributed by atoms with Crippen LogP contribution < -0.4 is 5.32 Å². The van der Waals surface area contributed by atoms with Gasteiger partial charge >= 0.3 is 0 Å². The van der Waals surface area contributed by atoms with Crippen molar-refractivity contribution in [1.29, 1.82) is 0 Å². The van der Waals surface area contributed by atoms with Crippen LogP contribution in [0.3, 0.4) is 0 Å². The highest BCUT2D eigenvalue weighted by Gasteiger charge is 2.56. The van der Waals surface area contributed by atoms with Crippen molar-refractivity contribution in [3.63, 3.8) is 0 Å². The number of sulfone groups is 1. The van der Waals surface area contributed by atoms with E-state index in [1.165, 1.54) is 12.3 Å². The largest absolute Gasteiger partial charge is 0.330 e. The molecule has 4 heterocycles. The topological polar surface area (TPSA) is 105 Å². The van der Waals surface area contributed by atoms with Crippen molar-refractivity contribution >= 4 is 38.7 Å². The molecule has 3 aromatic rings. The number of fused-ring (bicyclic) bond motifs is 1. The molecule has 1 aromatic carbocycles. The summed E-state index contributed by atoms with van der Waals surface area (Å²) in [7, 11) is -3.42. The standard InChI is InChI=1S/C21H21N5O3S2/c1-13-8-14(10-15(9-13)24-20-22-6-4-17(25-20)31(2,28)29)16-12-23-19(30-16)21-5-3-7-26(21)18(27)11-21/h4,6,8-10,12H,3,5,7,11H2,1-2H3,(H,22,24,25). The summed E-state index contributed by atoms with van der Waals surface area (Å²) in [4.78, 5) is 27.9. The molecule has 1 atom stereocenters. The number of benzene rings is 1. The molecule has 160 valence electrons. The molecule has 2 aliphatic rings. The maximum absolute atomic E-state index is 12.0. The van der Waals surface area contributed by atoms with E-state index >= 15 is 0 Å². The van der Waals surface area contributed by atoms with Gasteiger partial charge in [0.15, 0.2) is 14.9 Å². The Labute approximate surface area is 184 Å². The second kappa shape index (κ2) is 7.10. The number of thiazole rings is 1. The van der Waals surface area contributed by atoms with Crippen LogP contribution in [0.4, 0.5) is 11.6 Å². The molecule has 0 saturated carbocycles. The van der Waals surface area contributed by atoms with Gasteiger partial charge in [0.05, 0.1) is 11.3 Å². The molecule has 8 nitrogen and oxygen atoms in total. The summed E-state index contributed by atoms with van der Waals surface area (Å²) in [6.07, 6.45) is 6.95. The Bertz CT molecular complexity index is 1300. The fraction of sp³-hybridized carbons (Fsp3) is 0.333. The third kappa shape index (κ3) is 3.49. The van der Waals surface area contributed by atoms with E-state index in [0.29, 0.717) is 6.42 Å². The quantitative estimate of drug-likeness (QED) is 0.465. The van der Waals surface area contributed by atoms with Gasteiger partial charge in [0.1, 0.15) is 10.5 Å². The SMILES string of the molecule is Cc1cc(Nc2nccc(S(C)(=O)=O)n2)cc(-c2cnc(C34CCCN3C(=O)C4)s2)c1. The maximum Gasteiger partial charge on any atom is 0.228 e. The van der Waals surface area contributed by atoms with Gasteiger partial charge < -0.3 is 10.2 Å². The first kappa shape index (κ1) is 20.1. The van der Waals surface area contributed by atoms with Crippen LogP contribution in [-0.4, -0.2) is 47.0 Å². The normalized spacial score (nSPS) is 20.5. The maximum atomic E-state index is 12.0. The molecule has 1 N–H and O–H groups in total. The van der Waals surface area contributed by atoms with Crippen LogP contribution in [0.15, 0.2) is 41.7 Å². The molecule has 0 radical (unpaired) electrons. The summed E-state index contributed by atoms with van der Waals surface area (Å²) in [5, 5.41) is 4.08. The number of nitrogens with one attached hydrogen (secondary N) is 1. The highest BCUT2D eigenvalue weighted by Crippen LogP contribution is 2.51. The zero-order valence-corrected chi connectivity index (χ0v) is 18.8. The van der Waals surface area contributed by atoms with E-state index in [-0.39, 0.29) is 22.4 Å². The summed E-state index contributed by atoms with van der Waals surface area (Å²) in [6.45, 7) is 2.81. The Morgan fingerprint density at radius 2 is 2.06 bits per heavy atom. The van der Waals surface area contributed by atoms with Crippen LogP contribution in [0.2, 0.25) is 0 Å². The zero-order valence-electron chi connectivity index (χ0n) is 17.1. The lowest BCUT2D eigenvalue weighted by molar-refractivity contribution is -0.153. The van der Waals surface area contributed by atoms with Crippen LogP contribution >= 0.6 is 11.3 Å². The van der Waals surface area contributed by atoms with Crippen molar-refractivity contribution in [3.8, 4) is 10.4 Å². The van der Waals surface area contributed by atoms with Gasteiger partial charge in [-0.3, -0.25) is 4.79 Å². The summed E-state index contributed by atoms with van der Waals surface area (Å²) in [5.74, 6) is 0.436. The predicted molar refractivity (Wildman–Crippen MR) is 118 cm³/mol. The average Bonchev–Trinajstić information content (AvgIpc) is 3.32. The Morgan fingerprint density at radius 1 is 1.23 bits per heavy atom. The smallest absolute Gasteiger partial charge is 0.228 e. The third-order valence-corrected chi connectivity index (χ3v) is 7.99. The highest BCUT2D eigenvalue weighted by atomic mass is 32.2. The number of amides is 1. The van der Waals surface area contributed by atoms with Crippen molar-refractivity contribution in [3.05, 3.63) is 47.2 Å². The van der Waals surface area contributed by atoms with Crippen molar-refractivity contribution in [2.24, 2.45) is 0 Å². The van der Waals surface area contributed by atoms with Crippen molar-refractivity contribution < 1.29 is 13.2 Å². The number of rotatable bonds is 5. The molecule has 1 unspecified atom stereocenters. The van der Waals surface area contributed by atoms with Gasteiger partial charge in [0.25, 0.3) is 0 Å². The first-order valence-electron chi connectivity index (χ1n) is 9.94. The Hall–Kier alpha value is -2.85. The number of aromatic nitrogens is 3. The zero-order chi connectivity index (χ0) is 21.8. The number of hydrogen-bond donors (Lipinski definition) is 1. The highest BCUT2D eigenvalue weighted by molar-refractivity contribution is 7.90. The molecule has 5 rings (SSSR count). The lowest BCUT2D eigenvalue weighted by Crippen LogP contribution is -2.57. The number of nitrogens with zero attached hydrogens (tertiary/aromatic N) is 4. The van der Waals surface area contributed by atoms with Gasteiger partial charge in [-0.05, 0) is 49.1 Å². The molecular weight excluding hydrogens is 434 g/mol.